The molecule has 0 bridgehead atoms. The summed E-state index contributed by atoms with van der Waals surface area (Å²) in [5.41, 5.74) is 5.47. The van der Waals surface area contributed by atoms with Gasteiger partial charge in [0.2, 0.25) is 0 Å². The molecular weight excluding hydrogens is 198 g/mol. The maximum atomic E-state index is 10.5. The number of carbonyl (C=O) groups is 1. The Morgan fingerprint density at radius 1 is 1.75 bits per heavy atom. The van der Waals surface area contributed by atoms with Crippen LogP contribution in [0.5, 0.6) is 0 Å². The maximum absolute atomic E-state index is 10.5. The first-order valence-electron chi connectivity index (χ1n) is 3.60. The van der Waals surface area contributed by atoms with Crippen molar-refractivity contribution in [2.24, 2.45) is 5.73 Å². The first-order valence-corrected chi connectivity index (χ1v) is 5.12. The van der Waals surface area contributed by atoms with Crippen molar-refractivity contribution in [1.29, 1.82) is 0 Å². The Morgan fingerprint density at radius 3 is 2.58 bits per heavy atom. The summed E-state index contributed by atoms with van der Waals surface area (Å²) in [5, 5.41) is 8.65. The standard InChI is InChI=1S/C7H14ClNO2S/c1-7(2,12-4-3-8)5(9)6(10)11/h5H,3-4,9H2,1-2H3,(H,10,11). The lowest BCUT2D eigenvalue weighted by molar-refractivity contribution is -0.139. The van der Waals surface area contributed by atoms with Gasteiger partial charge in [-0.05, 0) is 13.8 Å². The van der Waals surface area contributed by atoms with Crippen molar-refractivity contribution in [3.8, 4) is 0 Å². The second-order valence-corrected chi connectivity index (χ2v) is 5.08. The predicted octanol–water partition coefficient (Wildman–Crippen LogP) is 1.15. The molecule has 0 spiro atoms. The van der Waals surface area contributed by atoms with Crippen LogP contribution in [0, 0.1) is 0 Å². The second-order valence-electron chi connectivity index (χ2n) is 2.96. The summed E-state index contributed by atoms with van der Waals surface area (Å²) in [5.74, 6) is 0.262. The van der Waals surface area contributed by atoms with Crippen molar-refractivity contribution in [3.05, 3.63) is 0 Å². The van der Waals surface area contributed by atoms with Gasteiger partial charge in [0, 0.05) is 16.4 Å². The number of alkyl halides is 1. The van der Waals surface area contributed by atoms with E-state index < -0.39 is 16.8 Å². The topological polar surface area (TPSA) is 63.3 Å². The minimum Gasteiger partial charge on any atom is -0.480 e. The minimum atomic E-state index is -0.970. The van der Waals surface area contributed by atoms with E-state index in [1.54, 1.807) is 0 Å². The molecule has 3 N–H and O–H groups in total. The minimum absolute atomic E-state index is 0.458. The molecular formula is C7H14ClNO2S. The van der Waals surface area contributed by atoms with E-state index in [0.29, 0.717) is 5.88 Å². The quantitative estimate of drug-likeness (QED) is 0.670. The van der Waals surface area contributed by atoms with Gasteiger partial charge in [-0.3, -0.25) is 4.79 Å². The van der Waals surface area contributed by atoms with Crippen LogP contribution in [0.1, 0.15) is 13.8 Å². The van der Waals surface area contributed by atoms with Gasteiger partial charge in [-0.2, -0.15) is 11.8 Å². The zero-order valence-corrected chi connectivity index (χ0v) is 8.78. The van der Waals surface area contributed by atoms with Gasteiger partial charge in [-0.25, -0.2) is 0 Å². The molecule has 0 aliphatic carbocycles. The Labute approximate surface area is 81.7 Å². The summed E-state index contributed by atoms with van der Waals surface area (Å²) < 4.78 is -0.458. The van der Waals surface area contributed by atoms with Gasteiger partial charge >= 0.3 is 5.97 Å². The van der Waals surface area contributed by atoms with Gasteiger partial charge in [-0.15, -0.1) is 11.6 Å². The fourth-order valence-corrected chi connectivity index (χ4v) is 1.80. The molecule has 0 aliphatic heterocycles. The van der Waals surface area contributed by atoms with Crippen molar-refractivity contribution < 1.29 is 9.90 Å². The molecule has 0 aliphatic rings. The van der Waals surface area contributed by atoms with Crippen molar-refractivity contribution >= 4 is 29.3 Å². The van der Waals surface area contributed by atoms with Gasteiger partial charge in [0.1, 0.15) is 6.04 Å². The molecule has 0 saturated heterocycles. The van der Waals surface area contributed by atoms with Crippen LogP contribution >= 0.6 is 23.4 Å². The lowest BCUT2D eigenvalue weighted by Gasteiger charge is -2.27. The number of hydrogen-bond donors (Lipinski definition) is 2. The maximum Gasteiger partial charge on any atom is 0.321 e. The average molecular weight is 212 g/mol. The monoisotopic (exact) mass is 211 g/mol. The SMILES string of the molecule is CC(C)(SCCCl)C(N)C(=O)O. The Kier molecular flexibility index (Phi) is 4.97. The van der Waals surface area contributed by atoms with Gasteiger partial charge in [0.15, 0.2) is 0 Å². The summed E-state index contributed by atoms with van der Waals surface area (Å²) in [4.78, 5) is 10.5. The normalized spacial score (nSPS) is 14.3. The van der Waals surface area contributed by atoms with E-state index in [-0.39, 0.29) is 0 Å². The number of carboxylic acids is 1. The lowest BCUT2D eigenvalue weighted by atomic mass is 10.1. The van der Waals surface area contributed by atoms with Crippen LogP contribution in [-0.4, -0.2) is 33.5 Å². The largest absolute Gasteiger partial charge is 0.480 e. The molecule has 0 heterocycles. The van der Waals surface area contributed by atoms with Gasteiger partial charge < -0.3 is 10.8 Å². The first-order chi connectivity index (χ1) is 5.41. The summed E-state index contributed by atoms with van der Waals surface area (Å²) in [6.45, 7) is 3.62. The molecule has 0 aromatic rings. The van der Waals surface area contributed by atoms with E-state index in [4.69, 9.17) is 22.4 Å². The van der Waals surface area contributed by atoms with Crippen LogP contribution in [0.2, 0.25) is 0 Å². The van der Waals surface area contributed by atoms with Crippen molar-refractivity contribution in [3.63, 3.8) is 0 Å². The lowest BCUT2D eigenvalue weighted by Crippen LogP contribution is -2.46. The Hall–Kier alpha value is 0.0700. The van der Waals surface area contributed by atoms with Crippen molar-refractivity contribution in [2.45, 2.75) is 24.6 Å². The average Bonchev–Trinajstić information content (AvgIpc) is 1.99. The fourth-order valence-electron chi connectivity index (χ4n) is 0.689. The molecule has 0 rings (SSSR count). The van der Waals surface area contributed by atoms with Crippen LogP contribution in [0.15, 0.2) is 0 Å². The third kappa shape index (κ3) is 3.65. The van der Waals surface area contributed by atoms with Gasteiger partial charge in [-0.1, -0.05) is 0 Å². The Morgan fingerprint density at radius 2 is 2.25 bits per heavy atom. The van der Waals surface area contributed by atoms with Crippen molar-refractivity contribution in [2.75, 3.05) is 11.6 Å². The molecule has 0 radical (unpaired) electrons. The Bertz CT molecular complexity index is 163. The van der Waals surface area contributed by atoms with Gasteiger partial charge in [0.25, 0.3) is 0 Å². The number of thioether (sulfide) groups is 1. The molecule has 0 amide bonds. The fraction of sp³-hybridized carbons (Fsp3) is 0.857. The predicted molar refractivity (Wildman–Crippen MR) is 52.9 cm³/mol. The molecule has 0 fully saturated rings. The highest BCUT2D eigenvalue weighted by atomic mass is 35.5. The zero-order chi connectivity index (χ0) is 9.78. The third-order valence-corrected chi connectivity index (χ3v) is 3.39. The van der Waals surface area contributed by atoms with E-state index >= 15 is 0 Å². The molecule has 72 valence electrons. The number of rotatable bonds is 5. The van der Waals surface area contributed by atoms with E-state index in [9.17, 15) is 4.79 Å². The number of hydrogen-bond acceptors (Lipinski definition) is 3. The molecule has 0 aromatic heterocycles. The molecule has 0 saturated carbocycles. The summed E-state index contributed by atoms with van der Waals surface area (Å²) in [7, 11) is 0. The van der Waals surface area contributed by atoms with Gasteiger partial charge in [0.05, 0.1) is 0 Å². The highest BCUT2D eigenvalue weighted by Crippen LogP contribution is 2.27. The van der Waals surface area contributed by atoms with Crippen LogP contribution in [0.4, 0.5) is 0 Å². The smallest absolute Gasteiger partial charge is 0.321 e. The van der Waals surface area contributed by atoms with E-state index in [1.807, 2.05) is 13.8 Å². The number of carboxylic acid groups (broad SMARTS) is 1. The van der Waals surface area contributed by atoms with Crippen LogP contribution in [0.3, 0.4) is 0 Å². The number of aliphatic carboxylic acids is 1. The molecule has 1 atom stereocenters. The van der Waals surface area contributed by atoms with Crippen molar-refractivity contribution in [1.82, 2.24) is 0 Å². The van der Waals surface area contributed by atoms with Crippen LogP contribution in [-0.2, 0) is 4.79 Å². The molecule has 3 nitrogen and oxygen atoms in total. The Balaban J connectivity index is 4.08. The second kappa shape index (κ2) is 4.94. The molecule has 5 heteroatoms. The third-order valence-electron chi connectivity index (χ3n) is 1.57. The zero-order valence-electron chi connectivity index (χ0n) is 7.21. The molecule has 12 heavy (non-hydrogen) atoms. The number of halogens is 1. The highest BCUT2D eigenvalue weighted by Gasteiger charge is 2.31. The first kappa shape index (κ1) is 12.1. The van der Waals surface area contributed by atoms with Crippen LogP contribution < -0.4 is 5.73 Å². The summed E-state index contributed by atoms with van der Waals surface area (Å²) in [6, 6.07) is -0.842. The number of nitrogens with two attached hydrogens (primary N) is 1. The highest BCUT2D eigenvalue weighted by molar-refractivity contribution is 8.00. The molecule has 1 unspecified atom stereocenters. The van der Waals surface area contributed by atoms with E-state index in [1.165, 1.54) is 11.8 Å². The van der Waals surface area contributed by atoms with E-state index in [2.05, 4.69) is 0 Å². The van der Waals surface area contributed by atoms with E-state index in [0.717, 1.165) is 5.75 Å². The summed E-state index contributed by atoms with van der Waals surface area (Å²) in [6.07, 6.45) is 0. The summed E-state index contributed by atoms with van der Waals surface area (Å²) >= 11 is 6.96. The van der Waals surface area contributed by atoms with Crippen LogP contribution in [0.25, 0.3) is 0 Å². The molecule has 0 aromatic carbocycles.